The molecule has 0 unspecified atom stereocenters. The molecular weight excluding hydrogens is 278 g/mol. The predicted octanol–water partition coefficient (Wildman–Crippen LogP) is 3.77. The quantitative estimate of drug-likeness (QED) is 0.523. The molecule has 0 bridgehead atoms. The highest BCUT2D eigenvalue weighted by Gasteiger charge is 2.18. The van der Waals surface area contributed by atoms with Gasteiger partial charge in [-0.3, -0.25) is 5.41 Å². The molecule has 0 aliphatic rings. The largest absolute Gasteiger partial charge is 0.305 e. The van der Waals surface area contributed by atoms with Crippen LogP contribution in [-0.2, 0) is 0 Å². The molecule has 0 aliphatic heterocycles. The molecule has 0 saturated heterocycles. The van der Waals surface area contributed by atoms with Crippen molar-refractivity contribution in [2.24, 2.45) is 4.99 Å². The number of nitrogens with one attached hydrogen (secondary N) is 1. The van der Waals surface area contributed by atoms with Gasteiger partial charge in [0.1, 0.15) is 0 Å². The van der Waals surface area contributed by atoms with Crippen LogP contribution in [0.5, 0.6) is 0 Å². The van der Waals surface area contributed by atoms with Gasteiger partial charge in [0.2, 0.25) is 0 Å². The average molecular weight is 296 g/mol. The number of aryl methyl sites for hydroxylation is 2. The molecule has 1 aromatic heterocycles. The number of thioether (sulfide) groups is 1. The van der Waals surface area contributed by atoms with Crippen LogP contribution in [0.4, 0.5) is 5.69 Å². The van der Waals surface area contributed by atoms with E-state index in [1.54, 1.807) is 0 Å². The van der Waals surface area contributed by atoms with Gasteiger partial charge in [0.05, 0.1) is 11.6 Å². The Morgan fingerprint density at radius 3 is 2.29 bits per heavy atom. The lowest BCUT2D eigenvalue weighted by Gasteiger charge is -2.03. The second-order valence-corrected chi connectivity index (χ2v) is 5.52. The summed E-state index contributed by atoms with van der Waals surface area (Å²) in [6, 6.07) is 11.9. The lowest BCUT2D eigenvalue weighted by atomic mass is 10.2. The lowest BCUT2D eigenvalue weighted by molar-refractivity contribution is -0.575. The number of rotatable bonds is 3. The molecule has 0 fully saturated rings. The molecule has 0 atom stereocenters. The Balaban J connectivity index is 2.48. The van der Waals surface area contributed by atoms with Crippen LogP contribution in [0.15, 0.2) is 53.8 Å². The number of benzene rings is 1. The highest BCUT2D eigenvalue weighted by molar-refractivity contribution is 8.14. The topological polar surface area (TPSA) is 40.1 Å². The van der Waals surface area contributed by atoms with Crippen LogP contribution in [0.25, 0.3) is 5.70 Å². The number of pyridine rings is 1. The first-order valence-corrected chi connectivity index (χ1v) is 7.84. The minimum Gasteiger partial charge on any atom is -0.253 e. The third-order valence-electron chi connectivity index (χ3n) is 2.90. The number of hydrogen-bond donors (Lipinski definition) is 1. The van der Waals surface area contributed by atoms with Crippen molar-refractivity contribution in [3.63, 3.8) is 0 Å². The monoisotopic (exact) mass is 296 g/mol. The Hall–Kier alpha value is -2.16. The molecule has 21 heavy (non-hydrogen) atoms. The van der Waals surface area contributed by atoms with E-state index in [4.69, 9.17) is 5.41 Å². The summed E-state index contributed by atoms with van der Waals surface area (Å²) >= 11 is 1.51. The minimum atomic E-state index is 0.651. The van der Waals surface area contributed by atoms with Crippen molar-refractivity contribution in [3.05, 3.63) is 59.9 Å². The van der Waals surface area contributed by atoms with Crippen molar-refractivity contribution in [1.82, 2.24) is 0 Å². The maximum Gasteiger partial charge on any atom is 0.305 e. The third kappa shape index (κ3) is 3.91. The zero-order valence-electron chi connectivity index (χ0n) is 12.4. The summed E-state index contributed by atoms with van der Waals surface area (Å²) in [5, 5.41) is 8.41. The van der Waals surface area contributed by atoms with Gasteiger partial charge in [-0.1, -0.05) is 18.2 Å². The Bertz CT molecular complexity index is 694. The van der Waals surface area contributed by atoms with E-state index in [-0.39, 0.29) is 0 Å². The molecule has 2 rings (SSSR count). The first-order chi connectivity index (χ1) is 10.1. The van der Waals surface area contributed by atoms with E-state index >= 15 is 0 Å². The Morgan fingerprint density at radius 1 is 1.14 bits per heavy atom. The normalized spacial score (nSPS) is 11.1. The zero-order chi connectivity index (χ0) is 15.2. The lowest BCUT2D eigenvalue weighted by Crippen LogP contribution is -2.36. The molecular formula is C17H18N3S+. The van der Waals surface area contributed by atoms with Gasteiger partial charge in [-0.25, -0.2) is 4.99 Å². The number of aromatic nitrogens is 1. The fraction of sp³-hybridized carbons (Fsp3) is 0.176. The van der Waals surface area contributed by atoms with Gasteiger partial charge < -0.3 is 0 Å². The summed E-state index contributed by atoms with van der Waals surface area (Å²) in [4.78, 5) is 4.62. The van der Waals surface area contributed by atoms with Gasteiger partial charge in [0.15, 0.2) is 17.4 Å². The average Bonchev–Trinajstić information content (AvgIpc) is 2.47. The van der Waals surface area contributed by atoms with Crippen molar-refractivity contribution >= 4 is 34.1 Å². The van der Waals surface area contributed by atoms with E-state index < -0.39 is 0 Å². The Morgan fingerprint density at radius 2 is 1.76 bits per heavy atom. The molecule has 106 valence electrons. The summed E-state index contributed by atoms with van der Waals surface area (Å²) in [5.41, 5.74) is 3.81. The molecule has 0 spiro atoms. The molecule has 1 N–H and O–H groups in total. The molecule has 0 saturated carbocycles. The number of nitrogens with zero attached hydrogens (tertiary/aromatic N) is 2. The van der Waals surface area contributed by atoms with Crippen LogP contribution in [0, 0.1) is 19.3 Å². The van der Waals surface area contributed by atoms with Crippen molar-refractivity contribution in [3.8, 4) is 0 Å². The summed E-state index contributed by atoms with van der Waals surface area (Å²) in [7, 11) is 0. The molecule has 2 aromatic rings. The molecule has 0 amide bonds. The van der Waals surface area contributed by atoms with Gasteiger partial charge in [0, 0.05) is 11.1 Å². The maximum absolute atomic E-state index is 7.64. The van der Waals surface area contributed by atoms with Crippen molar-refractivity contribution in [1.29, 1.82) is 5.41 Å². The summed E-state index contributed by atoms with van der Waals surface area (Å²) in [6.07, 6.45) is 5.93. The van der Waals surface area contributed by atoms with Crippen LogP contribution in [0.2, 0.25) is 0 Å². The fourth-order valence-electron chi connectivity index (χ4n) is 2.08. The summed E-state index contributed by atoms with van der Waals surface area (Å²) in [5.74, 6) is 2.52. The van der Waals surface area contributed by atoms with E-state index in [9.17, 15) is 0 Å². The molecule has 4 heteroatoms. The van der Waals surface area contributed by atoms with Crippen molar-refractivity contribution in [2.45, 2.75) is 13.8 Å². The first kappa shape index (κ1) is 15.2. The molecule has 1 heterocycles. The van der Waals surface area contributed by atoms with Gasteiger partial charge >= 0.3 is 5.70 Å². The molecule has 1 aromatic carbocycles. The SMILES string of the molecule is CSC(=Nc1ccccc1)C(=C=N)[n+]1cc(C)cc(C)c1. The Kier molecular flexibility index (Phi) is 5.09. The second-order valence-electron chi connectivity index (χ2n) is 4.73. The van der Waals surface area contributed by atoms with Crippen LogP contribution >= 0.6 is 11.8 Å². The highest BCUT2D eigenvalue weighted by atomic mass is 32.2. The standard InChI is InChI=1S/C17H18N3S/c1-13-9-14(2)12-20(11-13)16(10-18)17(21-3)19-15-7-5-4-6-8-15/h4-9,11-12,18H,1-3H3/q+1. The van der Waals surface area contributed by atoms with Gasteiger partial charge in [-0.15, -0.1) is 11.8 Å². The van der Waals surface area contributed by atoms with Crippen LogP contribution < -0.4 is 4.57 Å². The molecule has 0 aliphatic carbocycles. The van der Waals surface area contributed by atoms with E-state index in [1.165, 1.54) is 11.8 Å². The zero-order valence-corrected chi connectivity index (χ0v) is 13.2. The van der Waals surface area contributed by atoms with E-state index in [0.29, 0.717) is 5.70 Å². The van der Waals surface area contributed by atoms with Gasteiger partial charge in [-0.2, -0.15) is 4.57 Å². The maximum atomic E-state index is 7.64. The van der Waals surface area contributed by atoms with Gasteiger partial charge in [0.25, 0.3) is 0 Å². The summed E-state index contributed by atoms with van der Waals surface area (Å²) < 4.78 is 1.91. The molecule has 3 nitrogen and oxygen atoms in total. The van der Waals surface area contributed by atoms with Crippen molar-refractivity contribution in [2.75, 3.05) is 6.26 Å². The number of para-hydroxylation sites is 1. The summed E-state index contributed by atoms with van der Waals surface area (Å²) in [6.45, 7) is 4.08. The van der Waals surface area contributed by atoms with E-state index in [2.05, 4.69) is 16.9 Å². The highest BCUT2D eigenvalue weighted by Crippen LogP contribution is 2.17. The number of aliphatic imine (C=N–C) groups is 1. The predicted molar refractivity (Wildman–Crippen MR) is 90.6 cm³/mol. The minimum absolute atomic E-state index is 0.651. The Labute approximate surface area is 129 Å². The third-order valence-corrected chi connectivity index (χ3v) is 3.57. The first-order valence-electron chi connectivity index (χ1n) is 6.61. The van der Waals surface area contributed by atoms with Crippen LogP contribution in [0.3, 0.4) is 0 Å². The van der Waals surface area contributed by atoms with Crippen LogP contribution in [-0.4, -0.2) is 17.2 Å². The number of hydrogen-bond acceptors (Lipinski definition) is 3. The van der Waals surface area contributed by atoms with Crippen LogP contribution in [0.1, 0.15) is 11.1 Å². The van der Waals surface area contributed by atoms with E-state index in [0.717, 1.165) is 21.9 Å². The fourth-order valence-corrected chi connectivity index (χ4v) is 2.63. The van der Waals surface area contributed by atoms with Crippen molar-refractivity contribution < 1.29 is 4.57 Å². The van der Waals surface area contributed by atoms with Gasteiger partial charge in [-0.05, 0) is 38.3 Å². The van der Waals surface area contributed by atoms with E-state index in [1.807, 2.05) is 67.4 Å². The smallest absolute Gasteiger partial charge is 0.253 e. The molecule has 0 radical (unpaired) electrons. The second kappa shape index (κ2) is 7.02.